The molecule has 1 N–H and O–H groups in total. The fourth-order valence-electron chi connectivity index (χ4n) is 3.58. The number of amides is 1. The Kier molecular flexibility index (Phi) is 6.58. The molecule has 2 fully saturated rings. The van der Waals surface area contributed by atoms with Crippen LogP contribution in [0, 0.1) is 23.5 Å². The molecule has 1 saturated heterocycles. The van der Waals surface area contributed by atoms with E-state index in [1.54, 1.807) is 4.90 Å². The summed E-state index contributed by atoms with van der Waals surface area (Å²) in [7, 11) is 0. The monoisotopic (exact) mass is 358 g/mol. The molecule has 1 aliphatic heterocycles. The Morgan fingerprint density at radius 1 is 1.25 bits per heavy atom. The molecule has 3 nitrogen and oxygen atoms in total. The summed E-state index contributed by atoms with van der Waals surface area (Å²) in [5, 5.41) is 3.18. The maximum Gasteiger partial charge on any atom is 0.226 e. The number of nitrogens with zero attached hydrogens (tertiary/aromatic N) is 1. The molecule has 6 heteroatoms. The van der Waals surface area contributed by atoms with E-state index in [9.17, 15) is 13.6 Å². The van der Waals surface area contributed by atoms with Crippen molar-refractivity contribution in [2.75, 3.05) is 13.1 Å². The summed E-state index contributed by atoms with van der Waals surface area (Å²) in [5.41, 5.74) is 0.00619. The number of nitrogens with one attached hydrogen (secondary N) is 1. The van der Waals surface area contributed by atoms with Gasteiger partial charge in [0, 0.05) is 17.5 Å². The molecule has 1 amide bonds. The summed E-state index contributed by atoms with van der Waals surface area (Å²) in [6, 6.07) is 3.99. The van der Waals surface area contributed by atoms with Gasteiger partial charge in [-0.05, 0) is 44.0 Å². The van der Waals surface area contributed by atoms with E-state index in [0.717, 1.165) is 38.8 Å². The molecule has 0 radical (unpaired) electrons. The SMILES string of the molecule is CC(C(=O)N(Cc1c(F)cccc1F)C1CCCC1)C1CNC1.Cl. The molecule has 0 spiro atoms. The summed E-state index contributed by atoms with van der Waals surface area (Å²) in [5.74, 6) is -0.882. The Labute approximate surface area is 148 Å². The Morgan fingerprint density at radius 2 is 1.83 bits per heavy atom. The zero-order valence-corrected chi connectivity index (χ0v) is 14.7. The van der Waals surface area contributed by atoms with Crippen LogP contribution in [0.2, 0.25) is 0 Å². The Hall–Kier alpha value is -1.20. The lowest BCUT2D eigenvalue weighted by Crippen LogP contribution is -2.51. The molecule has 1 aromatic carbocycles. The van der Waals surface area contributed by atoms with Crippen LogP contribution in [0.5, 0.6) is 0 Å². The minimum atomic E-state index is -0.571. The van der Waals surface area contributed by atoms with Crippen molar-refractivity contribution >= 4 is 18.3 Å². The van der Waals surface area contributed by atoms with Gasteiger partial charge in [-0.25, -0.2) is 8.78 Å². The zero-order valence-electron chi connectivity index (χ0n) is 13.9. The van der Waals surface area contributed by atoms with Crippen LogP contribution in [0.3, 0.4) is 0 Å². The smallest absolute Gasteiger partial charge is 0.226 e. The van der Waals surface area contributed by atoms with Crippen molar-refractivity contribution in [1.82, 2.24) is 10.2 Å². The lowest BCUT2D eigenvalue weighted by atomic mass is 9.87. The fourth-order valence-corrected chi connectivity index (χ4v) is 3.58. The van der Waals surface area contributed by atoms with Crippen molar-refractivity contribution < 1.29 is 13.6 Å². The van der Waals surface area contributed by atoms with Crippen LogP contribution in [0.25, 0.3) is 0 Å². The molecule has 0 aromatic heterocycles. The molecular weight excluding hydrogens is 334 g/mol. The zero-order chi connectivity index (χ0) is 16.4. The maximum absolute atomic E-state index is 14.0. The van der Waals surface area contributed by atoms with E-state index >= 15 is 0 Å². The highest BCUT2D eigenvalue weighted by Gasteiger charge is 2.35. The molecule has 1 saturated carbocycles. The quantitative estimate of drug-likeness (QED) is 0.873. The second-order valence-electron chi connectivity index (χ2n) is 6.81. The molecule has 1 atom stereocenters. The van der Waals surface area contributed by atoms with Crippen LogP contribution in [0.15, 0.2) is 18.2 Å². The summed E-state index contributed by atoms with van der Waals surface area (Å²) in [4.78, 5) is 14.7. The predicted molar refractivity (Wildman–Crippen MR) is 91.9 cm³/mol. The summed E-state index contributed by atoms with van der Waals surface area (Å²) >= 11 is 0. The van der Waals surface area contributed by atoms with Crippen LogP contribution in [-0.2, 0) is 11.3 Å². The van der Waals surface area contributed by atoms with Gasteiger partial charge in [0.2, 0.25) is 5.91 Å². The first-order valence-electron chi connectivity index (χ1n) is 8.52. The van der Waals surface area contributed by atoms with Gasteiger partial charge in [0.1, 0.15) is 11.6 Å². The molecule has 1 heterocycles. The first-order chi connectivity index (χ1) is 11.1. The first kappa shape index (κ1) is 19.1. The van der Waals surface area contributed by atoms with Crippen molar-refractivity contribution in [3.8, 4) is 0 Å². The normalized spacial score (nSPS) is 19.5. The fraction of sp³-hybridized carbons (Fsp3) is 0.611. The van der Waals surface area contributed by atoms with E-state index in [4.69, 9.17) is 0 Å². The Morgan fingerprint density at radius 3 is 2.33 bits per heavy atom. The van der Waals surface area contributed by atoms with E-state index < -0.39 is 11.6 Å². The predicted octanol–water partition coefficient (Wildman–Crippen LogP) is 3.51. The van der Waals surface area contributed by atoms with Gasteiger partial charge in [0.05, 0.1) is 6.54 Å². The van der Waals surface area contributed by atoms with E-state index in [-0.39, 0.29) is 42.4 Å². The Balaban J connectivity index is 0.00000208. The minimum Gasteiger partial charge on any atom is -0.335 e. The van der Waals surface area contributed by atoms with Gasteiger partial charge >= 0.3 is 0 Å². The van der Waals surface area contributed by atoms with E-state index in [0.29, 0.717) is 5.92 Å². The third-order valence-corrected chi connectivity index (χ3v) is 5.35. The standard InChI is InChI=1S/C18H24F2N2O.ClH/c1-12(13-9-21-10-13)18(23)22(14-5-2-3-6-14)11-15-16(19)7-4-8-17(15)20;/h4,7-8,12-14,21H,2-3,5-6,9-11H2,1H3;1H. The molecule has 1 aliphatic carbocycles. The van der Waals surface area contributed by atoms with Crippen LogP contribution in [-0.4, -0.2) is 29.9 Å². The number of carbonyl (C=O) groups excluding carboxylic acids is 1. The molecule has 0 bridgehead atoms. The van der Waals surface area contributed by atoms with E-state index in [1.807, 2.05) is 6.92 Å². The van der Waals surface area contributed by atoms with Crippen LogP contribution >= 0.6 is 12.4 Å². The summed E-state index contributed by atoms with van der Waals surface area (Å²) in [6.45, 7) is 3.67. The third-order valence-electron chi connectivity index (χ3n) is 5.35. The molecule has 134 valence electrons. The lowest BCUT2D eigenvalue weighted by Gasteiger charge is -2.37. The maximum atomic E-state index is 14.0. The second kappa shape index (κ2) is 8.26. The summed E-state index contributed by atoms with van der Waals surface area (Å²) in [6.07, 6.45) is 4.01. The van der Waals surface area contributed by atoms with Gasteiger partial charge in [-0.1, -0.05) is 25.8 Å². The molecule has 1 aromatic rings. The molecule has 1 unspecified atom stereocenters. The van der Waals surface area contributed by atoms with Gasteiger partial charge in [0.15, 0.2) is 0 Å². The van der Waals surface area contributed by atoms with Crippen molar-refractivity contribution in [2.24, 2.45) is 11.8 Å². The number of halogens is 3. The lowest BCUT2D eigenvalue weighted by molar-refractivity contribution is -0.140. The highest BCUT2D eigenvalue weighted by Crippen LogP contribution is 2.29. The molecule has 2 aliphatic rings. The molecule has 24 heavy (non-hydrogen) atoms. The highest BCUT2D eigenvalue weighted by molar-refractivity contribution is 5.85. The van der Waals surface area contributed by atoms with Gasteiger partial charge in [0.25, 0.3) is 0 Å². The average molecular weight is 359 g/mol. The van der Waals surface area contributed by atoms with Crippen molar-refractivity contribution in [3.63, 3.8) is 0 Å². The van der Waals surface area contributed by atoms with Crippen molar-refractivity contribution in [1.29, 1.82) is 0 Å². The number of hydrogen-bond acceptors (Lipinski definition) is 2. The van der Waals surface area contributed by atoms with E-state index in [2.05, 4.69) is 5.32 Å². The molecular formula is C18H25ClF2N2O. The minimum absolute atomic E-state index is 0. The van der Waals surface area contributed by atoms with Gasteiger partial charge in [-0.3, -0.25) is 4.79 Å². The average Bonchev–Trinajstić information content (AvgIpc) is 2.98. The Bertz CT molecular complexity index is 554. The second-order valence-corrected chi connectivity index (χ2v) is 6.81. The summed E-state index contributed by atoms with van der Waals surface area (Å²) < 4.78 is 28.0. The van der Waals surface area contributed by atoms with Crippen molar-refractivity contribution in [3.05, 3.63) is 35.4 Å². The number of benzene rings is 1. The first-order valence-corrected chi connectivity index (χ1v) is 8.52. The number of rotatable bonds is 5. The number of hydrogen-bond donors (Lipinski definition) is 1. The van der Waals surface area contributed by atoms with Gasteiger partial charge in [-0.2, -0.15) is 0 Å². The molecule has 3 rings (SSSR count). The number of carbonyl (C=O) groups is 1. The highest BCUT2D eigenvalue weighted by atomic mass is 35.5. The van der Waals surface area contributed by atoms with Crippen LogP contribution < -0.4 is 5.32 Å². The van der Waals surface area contributed by atoms with Gasteiger partial charge < -0.3 is 10.2 Å². The van der Waals surface area contributed by atoms with Crippen LogP contribution in [0.4, 0.5) is 8.78 Å². The van der Waals surface area contributed by atoms with Gasteiger partial charge in [-0.15, -0.1) is 12.4 Å². The largest absolute Gasteiger partial charge is 0.335 e. The topological polar surface area (TPSA) is 32.3 Å². The van der Waals surface area contributed by atoms with Crippen molar-refractivity contribution in [2.45, 2.75) is 45.2 Å². The van der Waals surface area contributed by atoms with E-state index in [1.165, 1.54) is 18.2 Å². The third kappa shape index (κ3) is 3.89. The van der Waals surface area contributed by atoms with Crippen LogP contribution in [0.1, 0.15) is 38.2 Å².